The fourth-order valence-electron chi connectivity index (χ4n) is 4.70. The van der Waals surface area contributed by atoms with E-state index in [4.69, 9.17) is 4.98 Å². The van der Waals surface area contributed by atoms with E-state index < -0.39 is 0 Å². The van der Waals surface area contributed by atoms with E-state index in [1.54, 1.807) is 0 Å². The Labute approximate surface area is 164 Å². The number of H-pyrrole nitrogens is 1. The molecule has 4 heterocycles. The van der Waals surface area contributed by atoms with Crippen molar-refractivity contribution in [2.24, 2.45) is 0 Å². The molecule has 2 atom stereocenters. The highest BCUT2D eigenvalue weighted by Crippen LogP contribution is 2.30. The summed E-state index contributed by atoms with van der Waals surface area (Å²) in [6, 6.07) is 8.78. The number of rotatable bonds is 3. The SMILES string of the molecule is O=C([C@@H]1C[C@H](N2CCC(c3nc4ccccc4[nH]3)CC2)CN1)N1CCSC1. The summed E-state index contributed by atoms with van der Waals surface area (Å²) in [6.45, 7) is 4.03. The van der Waals surface area contributed by atoms with E-state index in [1.165, 1.54) is 0 Å². The quantitative estimate of drug-likeness (QED) is 0.846. The van der Waals surface area contributed by atoms with Gasteiger partial charge < -0.3 is 15.2 Å². The smallest absolute Gasteiger partial charge is 0.240 e. The number of fused-ring (bicyclic) bond motifs is 1. The van der Waals surface area contributed by atoms with Crippen molar-refractivity contribution in [2.75, 3.05) is 37.8 Å². The number of aromatic amines is 1. The second kappa shape index (κ2) is 7.45. The number of hydrogen-bond acceptors (Lipinski definition) is 5. The third-order valence-corrected chi connectivity index (χ3v) is 7.28. The highest BCUT2D eigenvalue weighted by molar-refractivity contribution is 7.99. The van der Waals surface area contributed by atoms with Gasteiger partial charge in [0.1, 0.15) is 5.82 Å². The molecule has 1 amide bonds. The highest BCUT2D eigenvalue weighted by Gasteiger charge is 2.37. The zero-order valence-electron chi connectivity index (χ0n) is 15.6. The second-order valence-corrected chi connectivity index (χ2v) is 9.01. The number of hydrogen-bond donors (Lipinski definition) is 2. The van der Waals surface area contributed by atoms with E-state index in [0.29, 0.717) is 17.9 Å². The van der Waals surface area contributed by atoms with Crippen LogP contribution in [-0.4, -0.2) is 75.6 Å². The van der Waals surface area contributed by atoms with Gasteiger partial charge in [0, 0.05) is 30.8 Å². The normalized spacial score (nSPS) is 27.6. The van der Waals surface area contributed by atoms with Crippen molar-refractivity contribution in [3.63, 3.8) is 0 Å². The highest BCUT2D eigenvalue weighted by atomic mass is 32.2. The van der Waals surface area contributed by atoms with Gasteiger partial charge in [0.05, 0.1) is 23.0 Å². The molecule has 1 aromatic heterocycles. The van der Waals surface area contributed by atoms with Gasteiger partial charge in [0.2, 0.25) is 5.91 Å². The molecule has 2 N–H and O–H groups in total. The number of aromatic nitrogens is 2. The molecule has 3 aliphatic heterocycles. The molecule has 144 valence electrons. The van der Waals surface area contributed by atoms with Gasteiger partial charge in [-0.1, -0.05) is 12.1 Å². The van der Waals surface area contributed by atoms with Crippen LogP contribution >= 0.6 is 11.8 Å². The van der Waals surface area contributed by atoms with Crippen molar-refractivity contribution < 1.29 is 4.79 Å². The van der Waals surface area contributed by atoms with E-state index in [0.717, 1.165) is 73.9 Å². The van der Waals surface area contributed by atoms with Crippen LogP contribution in [0.5, 0.6) is 0 Å². The standard InChI is InChI=1S/C20H27N5OS/c26-20(25-9-10-27-13-25)18-11-15(12-21-18)24-7-5-14(6-8-24)19-22-16-3-1-2-4-17(16)23-19/h1-4,14-15,18,21H,5-13H2,(H,22,23)/t15-,18-/m0/s1. The molecule has 0 unspecified atom stereocenters. The molecule has 0 bridgehead atoms. The van der Waals surface area contributed by atoms with Gasteiger partial charge in [-0.2, -0.15) is 0 Å². The molecule has 3 saturated heterocycles. The van der Waals surface area contributed by atoms with E-state index in [9.17, 15) is 4.79 Å². The summed E-state index contributed by atoms with van der Waals surface area (Å²) >= 11 is 1.86. The predicted octanol–water partition coefficient (Wildman–Crippen LogP) is 2.01. The zero-order chi connectivity index (χ0) is 18.2. The first-order chi connectivity index (χ1) is 13.3. The Kier molecular flexibility index (Phi) is 4.83. The Bertz CT molecular complexity index is 777. The average Bonchev–Trinajstić information content (AvgIpc) is 3.48. The Morgan fingerprint density at radius 2 is 2.04 bits per heavy atom. The van der Waals surface area contributed by atoms with Crippen molar-refractivity contribution in [3.05, 3.63) is 30.1 Å². The van der Waals surface area contributed by atoms with Gasteiger partial charge >= 0.3 is 0 Å². The first-order valence-electron chi connectivity index (χ1n) is 10.1. The second-order valence-electron chi connectivity index (χ2n) is 7.94. The molecule has 27 heavy (non-hydrogen) atoms. The van der Waals surface area contributed by atoms with Crippen molar-refractivity contribution in [1.29, 1.82) is 0 Å². The number of carbonyl (C=O) groups is 1. The maximum Gasteiger partial charge on any atom is 0.240 e. The Hall–Kier alpha value is -1.57. The molecule has 2 aromatic rings. The average molecular weight is 386 g/mol. The third-order valence-electron chi connectivity index (χ3n) is 6.31. The topological polar surface area (TPSA) is 64.3 Å². The third kappa shape index (κ3) is 3.48. The number of benzene rings is 1. The van der Waals surface area contributed by atoms with Crippen molar-refractivity contribution in [1.82, 2.24) is 25.1 Å². The monoisotopic (exact) mass is 385 g/mol. The molecule has 1 aromatic carbocycles. The van der Waals surface area contributed by atoms with Crippen molar-refractivity contribution >= 4 is 28.7 Å². The number of likely N-dealkylation sites (tertiary alicyclic amines) is 1. The summed E-state index contributed by atoms with van der Waals surface area (Å²) in [6.07, 6.45) is 3.23. The van der Waals surface area contributed by atoms with E-state index >= 15 is 0 Å². The minimum Gasteiger partial charge on any atom is -0.342 e. The lowest BCUT2D eigenvalue weighted by molar-refractivity contribution is -0.131. The van der Waals surface area contributed by atoms with Crippen molar-refractivity contribution in [2.45, 2.75) is 37.3 Å². The van der Waals surface area contributed by atoms with Crippen LogP contribution in [0.25, 0.3) is 11.0 Å². The minimum absolute atomic E-state index is 0.0156. The summed E-state index contributed by atoms with van der Waals surface area (Å²) in [7, 11) is 0. The predicted molar refractivity (Wildman–Crippen MR) is 109 cm³/mol. The van der Waals surface area contributed by atoms with Crippen LogP contribution in [-0.2, 0) is 4.79 Å². The lowest BCUT2D eigenvalue weighted by Gasteiger charge is -2.35. The maximum absolute atomic E-state index is 12.6. The molecular weight excluding hydrogens is 358 g/mol. The molecule has 3 fully saturated rings. The number of imidazole rings is 1. The van der Waals surface area contributed by atoms with Crippen LogP contribution in [0, 0.1) is 0 Å². The number of nitrogens with zero attached hydrogens (tertiary/aromatic N) is 3. The van der Waals surface area contributed by atoms with Crippen LogP contribution in [0.2, 0.25) is 0 Å². The zero-order valence-corrected chi connectivity index (χ0v) is 16.4. The number of thioether (sulfide) groups is 1. The largest absolute Gasteiger partial charge is 0.342 e. The number of amides is 1. The fraction of sp³-hybridized carbons (Fsp3) is 0.600. The van der Waals surface area contributed by atoms with Gasteiger partial charge in [-0.05, 0) is 44.5 Å². The van der Waals surface area contributed by atoms with E-state index in [2.05, 4.69) is 33.4 Å². The molecular formula is C20H27N5OS. The minimum atomic E-state index is 0.0156. The summed E-state index contributed by atoms with van der Waals surface area (Å²) in [5.74, 6) is 3.91. The summed E-state index contributed by atoms with van der Waals surface area (Å²) in [5.41, 5.74) is 2.20. The molecule has 7 heteroatoms. The Morgan fingerprint density at radius 1 is 1.19 bits per heavy atom. The summed E-state index contributed by atoms with van der Waals surface area (Å²) < 4.78 is 0. The van der Waals surface area contributed by atoms with Crippen molar-refractivity contribution in [3.8, 4) is 0 Å². The van der Waals surface area contributed by atoms with Crippen LogP contribution in [0.3, 0.4) is 0 Å². The first kappa shape index (κ1) is 17.5. The molecule has 6 nitrogen and oxygen atoms in total. The van der Waals surface area contributed by atoms with E-state index in [1.807, 2.05) is 22.7 Å². The summed E-state index contributed by atoms with van der Waals surface area (Å²) in [5, 5.41) is 3.48. The van der Waals surface area contributed by atoms with Crippen LogP contribution in [0.4, 0.5) is 0 Å². The van der Waals surface area contributed by atoms with Crippen LogP contribution in [0.1, 0.15) is 31.0 Å². The Morgan fingerprint density at radius 3 is 2.81 bits per heavy atom. The molecule has 0 spiro atoms. The number of nitrogens with one attached hydrogen (secondary N) is 2. The molecule has 5 rings (SSSR count). The molecule has 0 aliphatic carbocycles. The van der Waals surface area contributed by atoms with Gasteiger partial charge in [0.25, 0.3) is 0 Å². The van der Waals surface area contributed by atoms with Crippen LogP contribution < -0.4 is 5.32 Å². The van der Waals surface area contributed by atoms with Gasteiger partial charge in [-0.3, -0.25) is 9.69 Å². The summed E-state index contributed by atoms with van der Waals surface area (Å²) in [4.78, 5) is 25.5. The van der Waals surface area contributed by atoms with Crippen LogP contribution in [0.15, 0.2) is 24.3 Å². The maximum atomic E-state index is 12.6. The number of piperidine rings is 1. The molecule has 0 saturated carbocycles. The van der Waals surface area contributed by atoms with E-state index in [-0.39, 0.29) is 6.04 Å². The lowest BCUT2D eigenvalue weighted by atomic mass is 9.94. The first-order valence-corrected chi connectivity index (χ1v) is 11.2. The van der Waals surface area contributed by atoms with Gasteiger partial charge in [-0.25, -0.2) is 4.98 Å². The van der Waals surface area contributed by atoms with Gasteiger partial charge in [0.15, 0.2) is 0 Å². The number of carbonyl (C=O) groups excluding carboxylic acids is 1. The van der Waals surface area contributed by atoms with Gasteiger partial charge in [-0.15, -0.1) is 11.8 Å². The lowest BCUT2D eigenvalue weighted by Crippen LogP contribution is -2.42. The fourth-order valence-corrected chi connectivity index (χ4v) is 5.65. The number of para-hydroxylation sites is 2. The molecule has 3 aliphatic rings. The molecule has 0 radical (unpaired) electrons. The Balaban J connectivity index is 1.17.